The number of ether oxygens (including phenoxy) is 1. The first kappa shape index (κ1) is 12.9. The summed E-state index contributed by atoms with van der Waals surface area (Å²) >= 11 is 0. The zero-order chi connectivity index (χ0) is 14.0. The Morgan fingerprint density at radius 2 is 2.32 bits per heavy atom. The molecule has 0 aliphatic carbocycles. The van der Waals surface area contributed by atoms with Crippen molar-refractivity contribution < 1.29 is 19.4 Å². The van der Waals surface area contributed by atoms with E-state index in [2.05, 4.69) is 14.9 Å². The number of carbonyl (C=O) groups excluding carboxylic acids is 1. The molecule has 0 unspecified atom stereocenters. The average Bonchev–Trinajstić information content (AvgIpc) is 2.80. The van der Waals surface area contributed by atoms with E-state index >= 15 is 0 Å². The van der Waals surface area contributed by atoms with Crippen molar-refractivity contribution in [1.82, 2.24) is 15.1 Å². The zero-order valence-electron chi connectivity index (χ0n) is 10.3. The Bertz CT molecular complexity index is 549. The number of hydrogen-bond donors (Lipinski definition) is 3. The molecule has 102 valence electrons. The summed E-state index contributed by atoms with van der Waals surface area (Å²) in [5, 5.41) is 15.4. The molecule has 0 bridgehead atoms. The first-order valence-corrected chi connectivity index (χ1v) is 5.67. The van der Waals surface area contributed by atoms with Crippen LogP contribution in [0.2, 0.25) is 0 Å². The molecule has 4 N–H and O–H groups in total. The van der Waals surface area contributed by atoms with E-state index in [0.29, 0.717) is 30.7 Å². The third-order valence-electron chi connectivity index (χ3n) is 2.90. The van der Waals surface area contributed by atoms with Gasteiger partial charge in [0.15, 0.2) is 5.69 Å². The van der Waals surface area contributed by atoms with Crippen molar-refractivity contribution in [2.45, 2.75) is 12.8 Å². The van der Waals surface area contributed by atoms with Crippen molar-refractivity contribution >= 4 is 23.3 Å². The number of allylic oxidation sites excluding steroid dienone is 1. The van der Waals surface area contributed by atoms with Crippen molar-refractivity contribution in [3.8, 4) is 0 Å². The molecule has 8 nitrogen and oxygen atoms in total. The highest BCUT2D eigenvalue weighted by atomic mass is 16.5. The van der Waals surface area contributed by atoms with Crippen molar-refractivity contribution in [3.05, 3.63) is 17.6 Å². The number of aromatic nitrogens is 2. The summed E-state index contributed by atoms with van der Waals surface area (Å²) in [7, 11) is 1.24. The van der Waals surface area contributed by atoms with Crippen LogP contribution in [0.4, 0.5) is 10.5 Å². The van der Waals surface area contributed by atoms with Crippen LogP contribution >= 0.6 is 0 Å². The molecular formula is C11H14N4O4. The smallest absolute Gasteiger partial charge is 0.411 e. The molecule has 19 heavy (non-hydrogen) atoms. The van der Waals surface area contributed by atoms with Gasteiger partial charge in [-0.2, -0.15) is 5.10 Å². The first-order valence-electron chi connectivity index (χ1n) is 5.67. The van der Waals surface area contributed by atoms with Crippen LogP contribution in [-0.4, -0.2) is 45.9 Å². The van der Waals surface area contributed by atoms with Gasteiger partial charge in [0.2, 0.25) is 0 Å². The second-order valence-corrected chi connectivity index (χ2v) is 4.09. The minimum atomic E-state index is -1.03. The van der Waals surface area contributed by atoms with Gasteiger partial charge in [-0.05, 0) is 18.4 Å². The molecule has 1 aromatic rings. The fraction of sp³-hybridized carbons (Fsp3) is 0.364. The lowest BCUT2D eigenvalue weighted by Crippen LogP contribution is -2.27. The molecule has 0 atom stereocenters. The number of aromatic amines is 1. The van der Waals surface area contributed by atoms with Crippen LogP contribution in [0.5, 0.6) is 0 Å². The quantitative estimate of drug-likeness (QED) is 0.683. The Labute approximate surface area is 108 Å². The summed E-state index contributed by atoms with van der Waals surface area (Å²) in [5.41, 5.74) is 7.15. The summed E-state index contributed by atoms with van der Waals surface area (Å²) in [4.78, 5) is 23.5. The van der Waals surface area contributed by atoms with Gasteiger partial charge in [-0.1, -0.05) is 0 Å². The molecule has 0 radical (unpaired) electrons. The fourth-order valence-electron chi connectivity index (χ4n) is 1.94. The molecule has 1 aliphatic rings. The number of carbonyl (C=O) groups is 2. The maximum atomic E-state index is 11.4. The van der Waals surface area contributed by atoms with Gasteiger partial charge in [0.25, 0.3) is 0 Å². The van der Waals surface area contributed by atoms with Crippen molar-refractivity contribution in [2.24, 2.45) is 0 Å². The third kappa shape index (κ3) is 2.37. The van der Waals surface area contributed by atoms with Crippen molar-refractivity contribution in [1.29, 1.82) is 0 Å². The standard InChI is InChI=1S/C11H14N4O4/c1-19-10(16)9-7(12)8(13-14-9)6-3-2-4-15(5-6)11(17)18/h5H,2-4,12H2,1H3,(H,13,14)(H,17,18). The van der Waals surface area contributed by atoms with Crippen LogP contribution in [0.1, 0.15) is 29.0 Å². The number of methoxy groups -OCH3 is 1. The monoisotopic (exact) mass is 266 g/mol. The molecule has 0 saturated carbocycles. The Morgan fingerprint density at radius 1 is 1.58 bits per heavy atom. The number of rotatable bonds is 2. The summed E-state index contributed by atoms with van der Waals surface area (Å²) in [6.07, 6.45) is 1.79. The van der Waals surface area contributed by atoms with E-state index in [1.165, 1.54) is 18.2 Å². The summed E-state index contributed by atoms with van der Waals surface area (Å²) in [5.74, 6) is -0.609. The lowest BCUT2D eigenvalue weighted by Gasteiger charge is -2.21. The minimum absolute atomic E-state index is 0.0749. The van der Waals surface area contributed by atoms with Crippen LogP contribution < -0.4 is 5.73 Å². The first-order chi connectivity index (χ1) is 9.04. The van der Waals surface area contributed by atoms with E-state index in [1.807, 2.05) is 0 Å². The van der Waals surface area contributed by atoms with Gasteiger partial charge < -0.3 is 15.6 Å². The number of nitrogen functional groups attached to an aromatic ring is 1. The summed E-state index contributed by atoms with van der Waals surface area (Å²) in [6, 6.07) is 0. The normalized spacial score (nSPS) is 15.0. The molecule has 2 rings (SSSR count). The number of carboxylic acid groups (broad SMARTS) is 1. The Kier molecular flexibility index (Phi) is 3.41. The number of H-pyrrole nitrogens is 1. The number of anilines is 1. The molecular weight excluding hydrogens is 252 g/mol. The second-order valence-electron chi connectivity index (χ2n) is 4.09. The van der Waals surface area contributed by atoms with Gasteiger partial charge in [0.05, 0.1) is 12.8 Å². The molecule has 0 spiro atoms. The Morgan fingerprint density at radius 3 is 2.95 bits per heavy atom. The average molecular weight is 266 g/mol. The van der Waals surface area contributed by atoms with Gasteiger partial charge in [-0.3, -0.25) is 10.00 Å². The largest absolute Gasteiger partial charge is 0.465 e. The summed E-state index contributed by atoms with van der Waals surface area (Å²) < 4.78 is 4.56. The van der Waals surface area contributed by atoms with Crippen LogP contribution in [-0.2, 0) is 4.74 Å². The topological polar surface area (TPSA) is 122 Å². The molecule has 0 fully saturated rings. The maximum absolute atomic E-state index is 11.4. The second kappa shape index (κ2) is 5.01. The van der Waals surface area contributed by atoms with Crippen molar-refractivity contribution in [3.63, 3.8) is 0 Å². The fourth-order valence-corrected chi connectivity index (χ4v) is 1.94. The SMILES string of the molecule is COC(=O)c1[nH]nc(C2=CN(C(=O)O)CCC2)c1N. The van der Waals surface area contributed by atoms with Gasteiger partial charge in [-0.25, -0.2) is 9.59 Å². The van der Waals surface area contributed by atoms with Crippen LogP contribution in [0, 0.1) is 0 Å². The van der Waals surface area contributed by atoms with Crippen LogP contribution in [0.3, 0.4) is 0 Å². The number of hydrogen-bond acceptors (Lipinski definition) is 5. The predicted molar refractivity (Wildman–Crippen MR) is 66.3 cm³/mol. The van der Waals surface area contributed by atoms with Gasteiger partial charge >= 0.3 is 12.1 Å². The van der Waals surface area contributed by atoms with E-state index in [1.54, 1.807) is 0 Å². The highest BCUT2D eigenvalue weighted by Crippen LogP contribution is 2.29. The molecule has 1 aliphatic heterocycles. The molecule has 8 heteroatoms. The number of nitrogens with zero attached hydrogens (tertiary/aromatic N) is 2. The maximum Gasteiger partial charge on any atom is 0.411 e. The highest BCUT2D eigenvalue weighted by molar-refractivity contribution is 5.95. The van der Waals surface area contributed by atoms with Crippen LogP contribution in [0.25, 0.3) is 5.57 Å². The van der Waals surface area contributed by atoms with Gasteiger partial charge in [-0.15, -0.1) is 0 Å². The highest BCUT2D eigenvalue weighted by Gasteiger charge is 2.23. The lowest BCUT2D eigenvalue weighted by atomic mass is 10.0. The van der Waals surface area contributed by atoms with Crippen LogP contribution in [0.15, 0.2) is 6.20 Å². The number of nitrogens with one attached hydrogen (secondary N) is 1. The summed E-state index contributed by atoms with van der Waals surface area (Å²) in [6.45, 7) is 0.438. The number of nitrogens with two attached hydrogens (primary N) is 1. The van der Waals surface area contributed by atoms with Gasteiger partial charge in [0.1, 0.15) is 5.69 Å². The molecule has 0 saturated heterocycles. The van der Waals surface area contributed by atoms with Crippen molar-refractivity contribution in [2.75, 3.05) is 19.4 Å². The Balaban J connectivity index is 2.34. The molecule has 1 amide bonds. The predicted octanol–water partition coefficient (Wildman–Crippen LogP) is 0.893. The minimum Gasteiger partial charge on any atom is -0.465 e. The van der Waals surface area contributed by atoms with E-state index < -0.39 is 12.1 Å². The third-order valence-corrected chi connectivity index (χ3v) is 2.90. The molecule has 0 aromatic carbocycles. The molecule has 2 heterocycles. The molecule has 1 aromatic heterocycles. The number of amides is 1. The number of esters is 1. The van der Waals surface area contributed by atoms with Gasteiger partial charge in [0, 0.05) is 12.7 Å². The lowest BCUT2D eigenvalue weighted by molar-refractivity contribution is 0.0595. The van der Waals surface area contributed by atoms with E-state index in [4.69, 9.17) is 10.8 Å². The van der Waals surface area contributed by atoms with E-state index in [0.717, 1.165) is 0 Å². The zero-order valence-corrected chi connectivity index (χ0v) is 10.3. The Hall–Kier alpha value is -2.51. The van der Waals surface area contributed by atoms with E-state index in [9.17, 15) is 9.59 Å². The van der Waals surface area contributed by atoms with E-state index in [-0.39, 0.29) is 11.4 Å².